The van der Waals surface area contributed by atoms with Gasteiger partial charge in [0.1, 0.15) is 12.4 Å². The van der Waals surface area contributed by atoms with Crippen LogP contribution in [0.1, 0.15) is 20.8 Å². The molecule has 0 fully saturated rings. The number of ether oxygens (including phenoxy) is 2. The maximum absolute atomic E-state index is 11.6. The molecule has 100 valence electrons. The molecule has 0 aliphatic heterocycles. The second kappa shape index (κ2) is 7.24. The maximum Gasteiger partial charge on any atom is 0.250 e. The van der Waals surface area contributed by atoms with Gasteiger partial charge in [0.15, 0.2) is 0 Å². The average molecular weight is 272 g/mol. The Kier molecular flexibility index (Phi) is 5.95. The van der Waals surface area contributed by atoms with Crippen LogP contribution in [0.2, 0.25) is 5.02 Å². The third-order valence-corrected chi connectivity index (χ3v) is 2.30. The van der Waals surface area contributed by atoms with Crippen LogP contribution in [0.25, 0.3) is 0 Å². The zero-order chi connectivity index (χ0) is 13.5. The molecule has 5 heteroatoms. The molecule has 0 radical (unpaired) electrons. The van der Waals surface area contributed by atoms with Crippen LogP contribution < -0.4 is 10.1 Å². The van der Waals surface area contributed by atoms with Crippen molar-refractivity contribution in [2.75, 3.05) is 18.5 Å². The van der Waals surface area contributed by atoms with E-state index in [2.05, 4.69) is 5.32 Å². The number of benzene rings is 1. The quantitative estimate of drug-likeness (QED) is 0.865. The van der Waals surface area contributed by atoms with E-state index in [-0.39, 0.29) is 18.6 Å². The molecule has 0 aliphatic rings. The maximum atomic E-state index is 11.6. The van der Waals surface area contributed by atoms with Crippen molar-refractivity contribution in [2.24, 2.45) is 0 Å². The van der Waals surface area contributed by atoms with Gasteiger partial charge in [-0.15, -0.1) is 0 Å². The molecule has 0 spiro atoms. The van der Waals surface area contributed by atoms with Gasteiger partial charge in [0.05, 0.1) is 18.4 Å². The molecule has 4 nitrogen and oxygen atoms in total. The van der Waals surface area contributed by atoms with Crippen LogP contribution >= 0.6 is 11.6 Å². The number of hydrogen-bond acceptors (Lipinski definition) is 3. The van der Waals surface area contributed by atoms with Crippen LogP contribution in [0.3, 0.4) is 0 Å². The zero-order valence-corrected chi connectivity index (χ0v) is 11.6. The molecule has 18 heavy (non-hydrogen) atoms. The van der Waals surface area contributed by atoms with E-state index >= 15 is 0 Å². The molecule has 0 saturated carbocycles. The lowest BCUT2D eigenvalue weighted by Crippen LogP contribution is -2.21. The number of halogens is 1. The molecule has 1 aromatic rings. The van der Waals surface area contributed by atoms with E-state index in [4.69, 9.17) is 21.1 Å². The SMILES string of the molecule is CCOc1ccc(Cl)cc1NC(=O)COC(C)C. The summed E-state index contributed by atoms with van der Waals surface area (Å²) < 4.78 is 10.6. The van der Waals surface area contributed by atoms with Gasteiger partial charge in [-0.05, 0) is 39.0 Å². The average Bonchev–Trinajstić information content (AvgIpc) is 2.30. The highest BCUT2D eigenvalue weighted by molar-refractivity contribution is 6.31. The molecular weight excluding hydrogens is 254 g/mol. The topological polar surface area (TPSA) is 47.6 Å². The van der Waals surface area contributed by atoms with E-state index in [1.54, 1.807) is 18.2 Å². The Morgan fingerprint density at radius 1 is 1.44 bits per heavy atom. The minimum Gasteiger partial charge on any atom is -0.492 e. The largest absolute Gasteiger partial charge is 0.492 e. The number of anilines is 1. The summed E-state index contributed by atoms with van der Waals surface area (Å²) >= 11 is 5.89. The molecular formula is C13H18ClNO3. The van der Waals surface area contributed by atoms with Crippen molar-refractivity contribution >= 4 is 23.2 Å². The van der Waals surface area contributed by atoms with E-state index in [0.29, 0.717) is 23.1 Å². The predicted molar refractivity (Wildman–Crippen MR) is 72.3 cm³/mol. The van der Waals surface area contributed by atoms with Crippen molar-refractivity contribution in [1.29, 1.82) is 0 Å². The molecule has 0 atom stereocenters. The molecule has 0 heterocycles. The number of amides is 1. The van der Waals surface area contributed by atoms with Gasteiger partial charge in [0, 0.05) is 5.02 Å². The number of hydrogen-bond donors (Lipinski definition) is 1. The Morgan fingerprint density at radius 2 is 2.17 bits per heavy atom. The minimum absolute atomic E-state index is 0.00967. The molecule has 1 amide bonds. The summed E-state index contributed by atoms with van der Waals surface area (Å²) in [6.45, 7) is 6.15. The first kappa shape index (κ1) is 14.8. The van der Waals surface area contributed by atoms with Crippen LogP contribution in [0.4, 0.5) is 5.69 Å². The summed E-state index contributed by atoms with van der Waals surface area (Å²) in [4.78, 5) is 11.6. The predicted octanol–water partition coefficient (Wildman–Crippen LogP) is 3.10. The van der Waals surface area contributed by atoms with Gasteiger partial charge in [-0.25, -0.2) is 0 Å². The second-order valence-electron chi connectivity index (χ2n) is 3.98. The zero-order valence-electron chi connectivity index (χ0n) is 10.8. The fraction of sp³-hybridized carbons (Fsp3) is 0.462. The van der Waals surface area contributed by atoms with Crippen LogP contribution in [-0.2, 0) is 9.53 Å². The van der Waals surface area contributed by atoms with Gasteiger partial charge in [0.2, 0.25) is 5.91 Å². The Bertz CT molecular complexity index is 407. The molecule has 0 aliphatic carbocycles. The summed E-state index contributed by atoms with van der Waals surface area (Å²) in [5, 5.41) is 3.26. The first-order valence-electron chi connectivity index (χ1n) is 5.86. The monoisotopic (exact) mass is 271 g/mol. The molecule has 0 unspecified atom stereocenters. The first-order chi connectivity index (χ1) is 8.52. The molecule has 1 aromatic carbocycles. The van der Waals surface area contributed by atoms with Gasteiger partial charge in [-0.1, -0.05) is 11.6 Å². The standard InChI is InChI=1S/C13H18ClNO3/c1-4-17-12-6-5-10(14)7-11(12)15-13(16)8-18-9(2)3/h5-7,9H,4,8H2,1-3H3,(H,15,16). The Morgan fingerprint density at radius 3 is 2.78 bits per heavy atom. The van der Waals surface area contributed by atoms with Crippen molar-refractivity contribution in [1.82, 2.24) is 0 Å². The fourth-order valence-electron chi connectivity index (χ4n) is 1.31. The van der Waals surface area contributed by atoms with Gasteiger partial charge < -0.3 is 14.8 Å². The molecule has 0 bridgehead atoms. The van der Waals surface area contributed by atoms with E-state index < -0.39 is 0 Å². The summed E-state index contributed by atoms with van der Waals surface area (Å²) in [6.07, 6.45) is 0.0153. The normalized spacial score (nSPS) is 10.5. The van der Waals surface area contributed by atoms with Crippen LogP contribution in [0.15, 0.2) is 18.2 Å². The Hall–Kier alpha value is -1.26. The van der Waals surface area contributed by atoms with Crippen molar-refractivity contribution in [3.63, 3.8) is 0 Å². The van der Waals surface area contributed by atoms with E-state index in [1.807, 2.05) is 20.8 Å². The number of carbonyl (C=O) groups is 1. The fourth-order valence-corrected chi connectivity index (χ4v) is 1.48. The smallest absolute Gasteiger partial charge is 0.250 e. The summed E-state index contributed by atoms with van der Waals surface area (Å²) in [5.41, 5.74) is 0.557. The van der Waals surface area contributed by atoms with Crippen LogP contribution in [-0.4, -0.2) is 25.2 Å². The highest BCUT2D eigenvalue weighted by Gasteiger charge is 2.09. The van der Waals surface area contributed by atoms with Crippen molar-refractivity contribution in [2.45, 2.75) is 26.9 Å². The van der Waals surface area contributed by atoms with E-state index in [1.165, 1.54) is 0 Å². The Labute approximate surface area is 112 Å². The highest BCUT2D eigenvalue weighted by atomic mass is 35.5. The van der Waals surface area contributed by atoms with Gasteiger partial charge >= 0.3 is 0 Å². The number of nitrogens with one attached hydrogen (secondary N) is 1. The van der Waals surface area contributed by atoms with Crippen molar-refractivity contribution in [3.05, 3.63) is 23.2 Å². The van der Waals surface area contributed by atoms with Gasteiger partial charge in [-0.2, -0.15) is 0 Å². The van der Waals surface area contributed by atoms with Gasteiger partial charge in [-0.3, -0.25) is 4.79 Å². The van der Waals surface area contributed by atoms with E-state index in [0.717, 1.165) is 0 Å². The van der Waals surface area contributed by atoms with Gasteiger partial charge in [0.25, 0.3) is 0 Å². The summed E-state index contributed by atoms with van der Waals surface area (Å²) in [5.74, 6) is 0.367. The summed E-state index contributed by atoms with van der Waals surface area (Å²) in [6, 6.07) is 5.09. The second-order valence-corrected chi connectivity index (χ2v) is 4.42. The lowest BCUT2D eigenvalue weighted by molar-refractivity contribution is -0.121. The molecule has 0 saturated heterocycles. The lowest BCUT2D eigenvalue weighted by atomic mass is 10.3. The molecule has 1 rings (SSSR count). The third kappa shape index (κ3) is 4.94. The van der Waals surface area contributed by atoms with Crippen molar-refractivity contribution < 1.29 is 14.3 Å². The minimum atomic E-state index is -0.230. The molecule has 0 aromatic heterocycles. The lowest BCUT2D eigenvalue weighted by Gasteiger charge is -2.12. The highest BCUT2D eigenvalue weighted by Crippen LogP contribution is 2.27. The molecule has 1 N–H and O–H groups in total. The van der Waals surface area contributed by atoms with Crippen LogP contribution in [0.5, 0.6) is 5.75 Å². The van der Waals surface area contributed by atoms with E-state index in [9.17, 15) is 4.79 Å². The first-order valence-corrected chi connectivity index (χ1v) is 6.24. The van der Waals surface area contributed by atoms with Crippen LogP contribution in [0, 0.1) is 0 Å². The number of carbonyl (C=O) groups excluding carboxylic acids is 1. The third-order valence-electron chi connectivity index (χ3n) is 2.06. The summed E-state index contributed by atoms with van der Waals surface area (Å²) in [7, 11) is 0. The Balaban J connectivity index is 2.69. The number of rotatable bonds is 6. The van der Waals surface area contributed by atoms with Crippen molar-refractivity contribution in [3.8, 4) is 5.75 Å².